The monoisotopic (exact) mass is 386 g/mol. The fraction of sp³-hybridized carbons (Fsp3) is 0.364. The molecule has 0 amide bonds. The molecule has 0 spiro atoms. The van der Waals surface area contributed by atoms with Gasteiger partial charge >= 0.3 is 0 Å². The summed E-state index contributed by atoms with van der Waals surface area (Å²) in [6.07, 6.45) is 5.45. The first kappa shape index (κ1) is 17.8. The van der Waals surface area contributed by atoms with Crippen LogP contribution in [0, 0.1) is 18.3 Å². The molecular weight excluding hydrogens is 364 g/mol. The Kier molecular flexibility index (Phi) is 4.29. The van der Waals surface area contributed by atoms with E-state index in [4.69, 9.17) is 4.74 Å². The van der Waals surface area contributed by atoms with Crippen LogP contribution in [0.5, 0.6) is 0 Å². The lowest BCUT2D eigenvalue weighted by Crippen LogP contribution is -2.57. The van der Waals surface area contributed by atoms with Crippen LogP contribution in [0.3, 0.4) is 0 Å². The van der Waals surface area contributed by atoms with Gasteiger partial charge < -0.3 is 15.0 Å². The highest BCUT2D eigenvalue weighted by atomic mass is 16.5. The predicted octanol–water partition coefficient (Wildman–Crippen LogP) is 3.36. The van der Waals surface area contributed by atoms with Crippen molar-refractivity contribution < 1.29 is 4.74 Å². The third-order valence-corrected chi connectivity index (χ3v) is 5.94. The van der Waals surface area contributed by atoms with Crippen molar-refractivity contribution in [1.82, 2.24) is 15.2 Å². The number of aromatic nitrogens is 3. The number of ether oxygens (including phenoxy) is 1. The molecule has 3 aromatic rings. The number of nitrogens with one attached hydrogen (secondary N) is 1. The van der Waals surface area contributed by atoms with Gasteiger partial charge in [-0.3, -0.25) is 0 Å². The summed E-state index contributed by atoms with van der Waals surface area (Å²) in [6.45, 7) is 5.88. The zero-order valence-corrected chi connectivity index (χ0v) is 16.5. The van der Waals surface area contributed by atoms with Crippen LogP contribution in [-0.4, -0.2) is 40.5 Å². The number of anilines is 2. The molecule has 5 heterocycles. The Bertz CT molecular complexity index is 1110. The van der Waals surface area contributed by atoms with Crippen molar-refractivity contribution in [1.29, 1.82) is 5.26 Å². The third kappa shape index (κ3) is 3.15. The molecule has 1 N–H and O–H groups in total. The average Bonchev–Trinajstić information content (AvgIpc) is 2.73. The molecule has 3 aliphatic heterocycles. The number of nitriles is 1. The van der Waals surface area contributed by atoms with Crippen LogP contribution in [0.4, 0.5) is 11.4 Å². The summed E-state index contributed by atoms with van der Waals surface area (Å²) in [5.41, 5.74) is 5.37. The number of hydrogen-bond acceptors (Lipinski definition) is 7. The van der Waals surface area contributed by atoms with E-state index in [2.05, 4.69) is 44.5 Å². The molecule has 3 saturated heterocycles. The smallest absolute Gasteiger partial charge is 0.183 e. The Morgan fingerprint density at radius 1 is 1.28 bits per heavy atom. The van der Waals surface area contributed by atoms with E-state index in [-0.39, 0.29) is 6.04 Å². The van der Waals surface area contributed by atoms with Gasteiger partial charge in [-0.25, -0.2) is 4.98 Å². The van der Waals surface area contributed by atoms with Crippen LogP contribution >= 0.6 is 0 Å². The van der Waals surface area contributed by atoms with Gasteiger partial charge in [-0.15, -0.1) is 5.10 Å². The molecular formula is C22H22N6O. The SMILES string of the molecule is Cc1c(C#N)cccc1[C@@H](C)Nc1cnnc2ncc(N3CC4CC(C3)O4)cc12. The van der Waals surface area contributed by atoms with Crippen LogP contribution in [0.1, 0.15) is 36.1 Å². The molecule has 7 nitrogen and oxygen atoms in total. The molecule has 1 aromatic carbocycles. The van der Waals surface area contributed by atoms with Crippen molar-refractivity contribution in [2.75, 3.05) is 23.3 Å². The van der Waals surface area contributed by atoms with Crippen LogP contribution in [0.25, 0.3) is 11.0 Å². The molecule has 0 radical (unpaired) electrons. The van der Waals surface area contributed by atoms with Crippen molar-refractivity contribution >= 4 is 22.4 Å². The lowest BCUT2D eigenvalue weighted by Gasteiger charge is -2.47. The van der Waals surface area contributed by atoms with E-state index in [1.54, 1.807) is 6.20 Å². The maximum absolute atomic E-state index is 9.32. The second kappa shape index (κ2) is 6.98. The fourth-order valence-electron chi connectivity index (χ4n) is 4.34. The number of fused-ring (bicyclic) bond motifs is 3. The van der Waals surface area contributed by atoms with Gasteiger partial charge in [0.2, 0.25) is 0 Å². The number of hydrogen-bond donors (Lipinski definition) is 1. The molecule has 146 valence electrons. The van der Waals surface area contributed by atoms with E-state index in [1.165, 1.54) is 0 Å². The summed E-state index contributed by atoms with van der Waals surface area (Å²) in [4.78, 5) is 6.88. The van der Waals surface area contributed by atoms with Gasteiger partial charge in [0.25, 0.3) is 0 Å². The van der Waals surface area contributed by atoms with Crippen LogP contribution in [0.15, 0.2) is 36.7 Å². The summed E-state index contributed by atoms with van der Waals surface area (Å²) < 4.78 is 5.75. The van der Waals surface area contributed by atoms with E-state index in [0.717, 1.165) is 47.4 Å². The topological polar surface area (TPSA) is 87.0 Å². The summed E-state index contributed by atoms with van der Waals surface area (Å²) in [5, 5.41) is 22.1. The Morgan fingerprint density at radius 3 is 2.83 bits per heavy atom. The van der Waals surface area contributed by atoms with E-state index in [1.807, 2.05) is 31.3 Å². The Hall–Kier alpha value is -3.24. The van der Waals surface area contributed by atoms with Crippen LogP contribution in [0.2, 0.25) is 0 Å². The van der Waals surface area contributed by atoms with Gasteiger partial charge in [-0.1, -0.05) is 12.1 Å². The minimum absolute atomic E-state index is 0.00962. The molecule has 3 fully saturated rings. The lowest BCUT2D eigenvalue weighted by molar-refractivity contribution is -0.133. The van der Waals surface area contributed by atoms with E-state index >= 15 is 0 Å². The van der Waals surface area contributed by atoms with Crippen molar-refractivity contribution in [3.8, 4) is 6.07 Å². The first-order valence-electron chi connectivity index (χ1n) is 9.90. The Labute approximate surface area is 169 Å². The Morgan fingerprint density at radius 2 is 2.07 bits per heavy atom. The van der Waals surface area contributed by atoms with Gasteiger partial charge in [0.1, 0.15) is 0 Å². The van der Waals surface area contributed by atoms with Gasteiger partial charge in [0.15, 0.2) is 5.65 Å². The number of piperidine rings is 1. The van der Waals surface area contributed by atoms with Crippen molar-refractivity contribution in [3.05, 3.63) is 53.3 Å². The first-order chi connectivity index (χ1) is 14.1. The minimum Gasteiger partial charge on any atom is -0.377 e. The van der Waals surface area contributed by atoms with Crippen molar-refractivity contribution in [2.24, 2.45) is 0 Å². The zero-order valence-electron chi connectivity index (χ0n) is 16.5. The highest BCUT2D eigenvalue weighted by molar-refractivity contribution is 5.90. The van der Waals surface area contributed by atoms with Crippen LogP contribution in [-0.2, 0) is 4.74 Å². The maximum Gasteiger partial charge on any atom is 0.183 e. The molecule has 29 heavy (non-hydrogen) atoms. The average molecular weight is 386 g/mol. The Balaban J connectivity index is 1.47. The van der Waals surface area contributed by atoms with E-state index < -0.39 is 0 Å². The zero-order chi connectivity index (χ0) is 20.0. The number of pyridine rings is 1. The number of rotatable bonds is 4. The molecule has 3 aliphatic rings. The van der Waals surface area contributed by atoms with E-state index in [9.17, 15) is 5.26 Å². The molecule has 2 bridgehead atoms. The number of benzene rings is 1. The second-order valence-corrected chi connectivity index (χ2v) is 7.84. The van der Waals surface area contributed by atoms with Crippen LogP contribution < -0.4 is 10.2 Å². The molecule has 3 atom stereocenters. The van der Waals surface area contributed by atoms with Crippen molar-refractivity contribution in [2.45, 2.75) is 38.5 Å². The van der Waals surface area contributed by atoms with E-state index in [0.29, 0.717) is 23.4 Å². The normalized spacial score (nSPS) is 21.3. The molecule has 7 heteroatoms. The summed E-state index contributed by atoms with van der Waals surface area (Å²) in [6, 6.07) is 10.2. The maximum atomic E-state index is 9.32. The van der Waals surface area contributed by atoms with Gasteiger partial charge in [-0.2, -0.15) is 10.4 Å². The molecule has 2 aromatic heterocycles. The first-order valence-corrected chi connectivity index (χ1v) is 9.90. The summed E-state index contributed by atoms with van der Waals surface area (Å²) in [5.74, 6) is 0. The molecule has 0 aliphatic carbocycles. The van der Waals surface area contributed by atoms with Gasteiger partial charge in [-0.05, 0) is 37.1 Å². The highest BCUT2D eigenvalue weighted by Crippen LogP contribution is 2.33. The molecule has 6 rings (SSSR count). The van der Waals surface area contributed by atoms with Crippen molar-refractivity contribution in [3.63, 3.8) is 0 Å². The third-order valence-electron chi connectivity index (χ3n) is 5.94. The molecule has 0 saturated carbocycles. The predicted molar refractivity (Wildman–Crippen MR) is 111 cm³/mol. The largest absolute Gasteiger partial charge is 0.377 e. The second-order valence-electron chi connectivity index (χ2n) is 7.84. The summed E-state index contributed by atoms with van der Waals surface area (Å²) in [7, 11) is 0. The highest BCUT2D eigenvalue weighted by Gasteiger charge is 2.38. The van der Waals surface area contributed by atoms with Gasteiger partial charge in [0, 0.05) is 30.9 Å². The van der Waals surface area contributed by atoms with Gasteiger partial charge in [0.05, 0.1) is 47.6 Å². The fourth-order valence-corrected chi connectivity index (χ4v) is 4.34. The standard InChI is InChI=1S/C22H22N6O/c1-13-15(8-23)4-3-5-19(13)14(2)26-21-10-25-27-22-20(21)6-16(9-24-22)28-11-17-7-18(12-28)29-17/h3-6,9-10,14,17-18H,7,11-12H2,1-2H3,(H,24,26,27)/t14-,17?,18?/m1/s1. The number of nitrogens with zero attached hydrogens (tertiary/aromatic N) is 5. The lowest BCUT2D eigenvalue weighted by atomic mass is 9.98. The summed E-state index contributed by atoms with van der Waals surface area (Å²) >= 11 is 0. The minimum atomic E-state index is 0.00962. The number of morpholine rings is 1. The quantitative estimate of drug-likeness (QED) is 0.736. The molecule has 2 unspecified atom stereocenters.